The molecule has 0 bridgehead atoms. The Hall–Kier alpha value is -10.3. The Kier molecular flexibility index (Phi) is 39.5. The van der Waals surface area contributed by atoms with Gasteiger partial charge in [0.05, 0.1) is 83.8 Å². The van der Waals surface area contributed by atoms with Crippen LogP contribution in [0.25, 0.3) is 0 Å². The zero-order valence-corrected chi connectivity index (χ0v) is 87.8. The van der Waals surface area contributed by atoms with Crippen molar-refractivity contribution in [2.45, 2.75) is 330 Å². The first-order valence-electron chi connectivity index (χ1n) is 55.5. The highest BCUT2D eigenvalue weighted by Crippen LogP contribution is 2.47. The quantitative estimate of drug-likeness (QED) is 0.0131. The number of pyridine rings is 6. The van der Waals surface area contributed by atoms with Gasteiger partial charge in [-0.2, -0.15) is 0 Å². The van der Waals surface area contributed by atoms with Gasteiger partial charge >= 0.3 is 23.9 Å². The van der Waals surface area contributed by atoms with Crippen LogP contribution in [0, 0.1) is 23.3 Å². The lowest BCUT2D eigenvalue weighted by Crippen LogP contribution is -2.35. The second-order valence-corrected chi connectivity index (χ2v) is 43.6. The number of likely N-dealkylation sites (tertiary alicyclic amines) is 4. The van der Waals surface area contributed by atoms with Crippen molar-refractivity contribution in [1.82, 2.24) is 49.5 Å². The van der Waals surface area contributed by atoms with E-state index in [1.165, 1.54) is 58.7 Å². The molecule has 12 atom stereocenters. The maximum atomic E-state index is 14.3. The molecule has 8 N–H and O–H groups in total. The number of carboxylic acids is 4. The van der Waals surface area contributed by atoms with Gasteiger partial charge in [-0.25, -0.2) is 37.5 Å². The molecule has 20 rings (SSSR count). The van der Waals surface area contributed by atoms with Crippen molar-refractivity contribution in [2.24, 2.45) is 0 Å². The molecule has 30 nitrogen and oxygen atoms in total. The lowest BCUT2D eigenvalue weighted by molar-refractivity contribution is -0.144. The molecule has 0 spiro atoms. The average Bonchev–Trinajstić information content (AvgIpc) is 1.56. The smallest absolute Gasteiger partial charge is 0.325 e. The number of halogens is 4. The molecular formula is C116H154F4N14O16. The number of carbonyl (C=O) groups is 4. The van der Waals surface area contributed by atoms with E-state index in [0.29, 0.717) is 126 Å². The van der Waals surface area contributed by atoms with Crippen molar-refractivity contribution < 1.29 is 95.1 Å². The fraction of sp³-hybridized carbons (Fsp3) is 0.603. The minimum atomic E-state index is -1.00. The van der Waals surface area contributed by atoms with E-state index >= 15 is 0 Å². The van der Waals surface area contributed by atoms with Gasteiger partial charge in [-0.1, -0.05) is 36.4 Å². The molecule has 2 unspecified atom stereocenters. The Bertz CT molecular complexity index is 5480. The van der Waals surface area contributed by atoms with Crippen molar-refractivity contribution in [3.63, 3.8) is 0 Å². The standard InChI is InChI=1S/2C30H40FN3O4.2C28H37FN4O4/c2*1-30(2)14-12-26(38-30)24-11-9-21(31)18-25(24)27(29(35)36)34-16-13-23(19-34)37-17-4-3-7-22-10-8-20-6-5-15-32-28(20)33-22;2*29-20-16-23(25(31-17-20)24-8-2-4-15-37-24)26(28(34)35)33-13-11-22(18-33)36-14-3-1-7-21-10-9-19-6-5-12-30-27(19)32-21/h2*8-11,18,23,26-27H,3-7,12-17,19H2,1-2H3,(H,32,33)(H,35,36);2*9-10,16-17,22,24,26H,1-8,11-15,18H2,(H,30,32)(H,34,35)/t23-,26?,27+;23-,26?,27-;22-,24+,26+;22-,24+,26-/m1111/s1. The number of hydrogen-bond donors (Lipinski definition) is 8. The maximum absolute atomic E-state index is 14.3. The molecule has 18 heterocycles. The van der Waals surface area contributed by atoms with Crippen molar-refractivity contribution in [1.29, 1.82) is 0 Å². The Morgan fingerprint density at radius 1 is 0.360 bits per heavy atom. The van der Waals surface area contributed by atoms with Gasteiger partial charge in [-0.3, -0.25) is 48.7 Å². The van der Waals surface area contributed by atoms with Crippen LogP contribution < -0.4 is 21.3 Å². The number of carboxylic acid groups (broad SMARTS) is 4. The van der Waals surface area contributed by atoms with Crippen molar-refractivity contribution in [3.05, 3.63) is 223 Å². The van der Waals surface area contributed by atoms with Gasteiger partial charge in [0, 0.05) is 152 Å². The number of aryl methyl sites for hydroxylation is 8. The fourth-order valence-corrected chi connectivity index (χ4v) is 23.5. The van der Waals surface area contributed by atoms with Crippen LogP contribution in [0.15, 0.2) is 109 Å². The zero-order chi connectivity index (χ0) is 105. The van der Waals surface area contributed by atoms with E-state index < -0.39 is 71.3 Å². The molecule has 8 aromatic rings. The fourth-order valence-electron chi connectivity index (χ4n) is 23.5. The molecule has 6 aromatic heterocycles. The molecule has 8 saturated heterocycles. The Morgan fingerprint density at radius 3 is 0.927 bits per heavy atom. The third kappa shape index (κ3) is 30.2. The van der Waals surface area contributed by atoms with Gasteiger partial charge in [-0.05, 0) is 351 Å². The number of nitrogens with one attached hydrogen (secondary N) is 4. The van der Waals surface area contributed by atoms with E-state index in [1.807, 2.05) is 47.3 Å². The molecule has 0 aliphatic carbocycles. The van der Waals surface area contributed by atoms with Crippen molar-refractivity contribution >= 4 is 47.1 Å². The van der Waals surface area contributed by atoms with E-state index in [1.54, 1.807) is 12.1 Å². The summed E-state index contributed by atoms with van der Waals surface area (Å²) < 4.78 is 106. The zero-order valence-electron chi connectivity index (χ0n) is 87.8. The number of hydrogen-bond acceptors (Lipinski definition) is 26. The molecule has 0 saturated carbocycles. The summed E-state index contributed by atoms with van der Waals surface area (Å²) in [6.45, 7) is 20.2. The Morgan fingerprint density at radius 2 is 0.653 bits per heavy atom. The molecule has 12 aliphatic rings. The molecule has 12 aliphatic heterocycles. The van der Waals surface area contributed by atoms with Gasteiger partial charge in [0.1, 0.15) is 70.7 Å². The third-order valence-electron chi connectivity index (χ3n) is 31.3. The van der Waals surface area contributed by atoms with Crippen molar-refractivity contribution in [2.75, 3.05) is 139 Å². The van der Waals surface area contributed by atoms with E-state index in [4.69, 9.17) is 57.8 Å². The van der Waals surface area contributed by atoms with Gasteiger partial charge in [-0.15, -0.1) is 0 Å². The van der Waals surface area contributed by atoms with E-state index in [-0.39, 0.29) is 60.0 Å². The molecule has 0 radical (unpaired) electrons. The molecule has 34 heteroatoms. The monoisotopic (exact) mass is 2080 g/mol. The highest BCUT2D eigenvalue weighted by atomic mass is 19.1. The van der Waals surface area contributed by atoms with Crippen LogP contribution in [0.1, 0.15) is 333 Å². The van der Waals surface area contributed by atoms with Crippen LogP contribution in [-0.4, -0.2) is 248 Å². The number of unbranched alkanes of at least 4 members (excludes halogenated alkanes) is 4. The van der Waals surface area contributed by atoms with Crippen LogP contribution in [0.4, 0.5) is 40.8 Å². The highest BCUT2D eigenvalue weighted by Gasteiger charge is 2.45. The summed E-state index contributed by atoms with van der Waals surface area (Å²) in [6.07, 6.45) is 33.3. The summed E-state index contributed by atoms with van der Waals surface area (Å²) in [7, 11) is 0. The summed E-state index contributed by atoms with van der Waals surface area (Å²) in [5, 5.41) is 54.2. The van der Waals surface area contributed by atoms with Crippen LogP contribution >= 0.6 is 0 Å². The van der Waals surface area contributed by atoms with Gasteiger partial charge in [0.25, 0.3) is 0 Å². The lowest BCUT2D eigenvalue weighted by atomic mass is 9.93. The van der Waals surface area contributed by atoms with Crippen LogP contribution in [0.5, 0.6) is 0 Å². The number of fused-ring (bicyclic) bond motifs is 4. The number of ether oxygens (including phenoxy) is 8. The molecule has 8 fully saturated rings. The van der Waals surface area contributed by atoms with Crippen LogP contribution in [-0.2, 0) is 108 Å². The lowest BCUT2D eigenvalue weighted by Gasteiger charge is -2.29. The first-order chi connectivity index (χ1) is 72.7. The molecule has 2 aromatic carbocycles. The first kappa shape index (κ1) is 111. The number of aliphatic carboxylic acids is 4. The summed E-state index contributed by atoms with van der Waals surface area (Å²) in [5.74, 6) is -1.72. The first-order valence-corrected chi connectivity index (χ1v) is 55.5. The van der Waals surface area contributed by atoms with Gasteiger partial charge in [0.15, 0.2) is 0 Å². The number of aromatic nitrogens is 6. The molecular weight excluding hydrogens is 1920 g/mol. The van der Waals surface area contributed by atoms with E-state index in [0.717, 1.165) is 314 Å². The normalized spacial score (nSPS) is 23.3. The third-order valence-corrected chi connectivity index (χ3v) is 31.3. The summed E-state index contributed by atoms with van der Waals surface area (Å²) in [6, 6.07) is 25.1. The Labute approximate surface area is 879 Å². The Balaban J connectivity index is 0.000000136. The van der Waals surface area contributed by atoms with Crippen molar-refractivity contribution in [3.8, 4) is 0 Å². The minimum Gasteiger partial charge on any atom is -0.480 e. The molecule has 0 amide bonds. The summed E-state index contributed by atoms with van der Waals surface area (Å²) in [4.78, 5) is 84.9. The topological polar surface area (TPSA) is 361 Å². The number of rotatable bonds is 40. The second kappa shape index (κ2) is 53.5. The molecule has 812 valence electrons. The highest BCUT2D eigenvalue weighted by molar-refractivity contribution is 5.78. The SMILES string of the molecule is CC1(C)CCC(c2ccc(F)cc2[C@@H](C(=O)O)N2CC[C@@H](OCCCCc3ccc4c(n3)NCCC4)C2)O1.CC1(C)CCC(c2ccc(F)cc2[C@H](C(=O)O)N2CC[C@@H](OCCCCc3ccc4c(n3)NCCC4)C2)O1.O=C(O)[C@@H](c1cc(F)cnc1[C@@H]1CCCCO1)N1CC[C@@H](OCCCCc2ccc3c(n2)NCCC3)C1.O=C(O)[C@H](c1cc(F)cnc1[C@@H]1CCCCO1)N1CC[C@@H](OCCCCc2ccc3c(n2)NCCC3)C1. The number of benzene rings is 2. The largest absolute Gasteiger partial charge is 0.480 e. The summed E-state index contributed by atoms with van der Waals surface area (Å²) >= 11 is 0. The predicted molar refractivity (Wildman–Crippen MR) is 562 cm³/mol. The van der Waals surface area contributed by atoms with Gasteiger partial charge < -0.3 is 79.6 Å². The number of anilines is 4. The minimum absolute atomic E-state index is 0.0263. The number of nitrogens with zero attached hydrogens (tertiary/aromatic N) is 10. The maximum Gasteiger partial charge on any atom is 0.325 e. The van der Waals surface area contributed by atoms with E-state index in [9.17, 15) is 57.2 Å². The second-order valence-electron chi connectivity index (χ2n) is 43.6. The predicted octanol–water partition coefficient (Wildman–Crippen LogP) is 19.8. The van der Waals surface area contributed by atoms with Crippen LogP contribution in [0.2, 0.25) is 0 Å². The van der Waals surface area contributed by atoms with Crippen LogP contribution in [0.3, 0.4) is 0 Å². The van der Waals surface area contributed by atoms with E-state index in [2.05, 4.69) is 79.8 Å². The average molecular weight is 2080 g/mol. The summed E-state index contributed by atoms with van der Waals surface area (Å²) in [5.41, 5.74) is 13.5. The van der Waals surface area contributed by atoms with Gasteiger partial charge in [0.2, 0.25) is 0 Å². The molecule has 150 heavy (non-hydrogen) atoms.